The van der Waals surface area contributed by atoms with Gasteiger partial charge in [-0.1, -0.05) is 12.1 Å². The van der Waals surface area contributed by atoms with Crippen LogP contribution in [-0.4, -0.2) is 26.8 Å². The molecule has 0 saturated carbocycles. The van der Waals surface area contributed by atoms with E-state index < -0.39 is 10.8 Å². The molecule has 0 bridgehead atoms. The van der Waals surface area contributed by atoms with E-state index >= 15 is 0 Å². The van der Waals surface area contributed by atoms with Gasteiger partial charge in [0.15, 0.2) is 0 Å². The molecule has 0 spiro atoms. The average Bonchev–Trinajstić information content (AvgIpc) is 2.52. The first-order valence-electron chi connectivity index (χ1n) is 6.97. The fraction of sp³-hybridized carbons (Fsp3) is 0.214. The smallest absolute Gasteiger partial charge is 0.354 e. The quantitative estimate of drug-likeness (QED) is 0.508. The van der Waals surface area contributed by atoms with Crippen molar-refractivity contribution in [3.63, 3.8) is 0 Å². The Kier molecular flexibility index (Phi) is 5.64. The first-order chi connectivity index (χ1) is 11.4. The molecule has 24 heavy (non-hydrogen) atoms. The van der Waals surface area contributed by atoms with Crippen molar-refractivity contribution in [3.05, 3.63) is 50.7 Å². The number of halogens is 1. The minimum Gasteiger partial charge on any atom is -0.362 e. The van der Waals surface area contributed by atoms with Crippen molar-refractivity contribution in [2.45, 2.75) is 19.9 Å². The molecule has 0 unspecified atom stereocenters. The van der Waals surface area contributed by atoms with E-state index in [1.165, 1.54) is 6.33 Å². The largest absolute Gasteiger partial charge is 0.362 e. The third kappa shape index (κ3) is 4.16. The van der Waals surface area contributed by atoms with Crippen LogP contribution in [-0.2, 0) is 0 Å². The molecular formula is C14H15BrN6O3. The van der Waals surface area contributed by atoms with Gasteiger partial charge >= 0.3 is 5.69 Å². The van der Waals surface area contributed by atoms with Crippen molar-refractivity contribution in [2.24, 2.45) is 0 Å². The van der Waals surface area contributed by atoms with Gasteiger partial charge in [0.2, 0.25) is 11.6 Å². The van der Waals surface area contributed by atoms with Gasteiger partial charge in [0.05, 0.1) is 10.5 Å². The fourth-order valence-electron chi connectivity index (χ4n) is 1.85. The zero-order valence-corrected chi connectivity index (χ0v) is 14.5. The topological polar surface area (TPSA) is 122 Å². The number of nitro groups is 1. The highest BCUT2D eigenvalue weighted by atomic mass is 79.9. The van der Waals surface area contributed by atoms with Gasteiger partial charge in [-0.2, -0.15) is 0 Å². The molecule has 0 atom stereocenters. The minimum atomic E-state index is -0.613. The lowest BCUT2D eigenvalue weighted by Crippen LogP contribution is -2.30. The standard InChI is InChI=1S/C14H15BrN6O3/c1-8(2)18-12-11(21(23)24)13(17-7-16-12)19-20-14(22)9-5-3-4-6-10(9)15/h3-8H,1-2H3,(H,20,22)(H2,16,17,18,19). The molecular weight excluding hydrogens is 380 g/mol. The summed E-state index contributed by atoms with van der Waals surface area (Å²) >= 11 is 3.27. The molecule has 1 heterocycles. The summed E-state index contributed by atoms with van der Waals surface area (Å²) in [5, 5.41) is 14.2. The van der Waals surface area contributed by atoms with E-state index in [-0.39, 0.29) is 23.4 Å². The minimum absolute atomic E-state index is 0.0543. The lowest BCUT2D eigenvalue weighted by Gasteiger charge is -2.12. The number of hydrazine groups is 1. The fourth-order valence-corrected chi connectivity index (χ4v) is 2.32. The Morgan fingerprint density at radius 2 is 1.92 bits per heavy atom. The Labute approximate surface area is 146 Å². The molecule has 10 heteroatoms. The Morgan fingerprint density at radius 1 is 1.25 bits per heavy atom. The van der Waals surface area contributed by atoms with E-state index in [0.717, 1.165) is 0 Å². The Morgan fingerprint density at radius 3 is 2.54 bits per heavy atom. The molecule has 126 valence electrons. The zero-order chi connectivity index (χ0) is 17.7. The van der Waals surface area contributed by atoms with Gasteiger partial charge < -0.3 is 5.32 Å². The summed E-state index contributed by atoms with van der Waals surface area (Å²) in [5.41, 5.74) is 4.90. The van der Waals surface area contributed by atoms with E-state index in [4.69, 9.17) is 0 Å². The highest BCUT2D eigenvalue weighted by molar-refractivity contribution is 9.10. The van der Waals surface area contributed by atoms with Crippen molar-refractivity contribution in [2.75, 3.05) is 10.7 Å². The van der Waals surface area contributed by atoms with Crippen LogP contribution >= 0.6 is 15.9 Å². The molecule has 0 aliphatic rings. The predicted octanol–water partition coefficient (Wildman–Crippen LogP) is 2.72. The highest BCUT2D eigenvalue weighted by Gasteiger charge is 2.24. The second-order valence-corrected chi connectivity index (χ2v) is 5.89. The first kappa shape index (κ1) is 17.6. The maximum Gasteiger partial charge on any atom is 0.354 e. The summed E-state index contributed by atoms with van der Waals surface area (Å²) in [6.45, 7) is 3.65. The molecule has 1 aromatic carbocycles. The number of amides is 1. The van der Waals surface area contributed by atoms with Crippen LogP contribution in [0.2, 0.25) is 0 Å². The summed E-state index contributed by atoms with van der Waals surface area (Å²) in [5.74, 6) is -0.505. The lowest BCUT2D eigenvalue weighted by atomic mass is 10.2. The third-order valence-electron chi connectivity index (χ3n) is 2.84. The number of benzene rings is 1. The normalized spacial score (nSPS) is 10.3. The number of rotatable bonds is 6. The van der Waals surface area contributed by atoms with E-state index in [9.17, 15) is 14.9 Å². The summed E-state index contributed by atoms with van der Waals surface area (Å²) in [7, 11) is 0. The van der Waals surface area contributed by atoms with Gasteiger partial charge in [0.25, 0.3) is 5.91 Å². The second-order valence-electron chi connectivity index (χ2n) is 5.03. The molecule has 2 aromatic rings. The average molecular weight is 395 g/mol. The van der Waals surface area contributed by atoms with E-state index in [1.807, 2.05) is 13.8 Å². The van der Waals surface area contributed by atoms with Crippen LogP contribution in [0.5, 0.6) is 0 Å². The van der Waals surface area contributed by atoms with Crippen LogP contribution in [0.3, 0.4) is 0 Å². The molecule has 0 aliphatic carbocycles. The van der Waals surface area contributed by atoms with Crippen LogP contribution in [0.4, 0.5) is 17.3 Å². The monoisotopic (exact) mass is 394 g/mol. The molecule has 0 fully saturated rings. The Balaban J connectivity index is 2.22. The SMILES string of the molecule is CC(C)Nc1ncnc(NNC(=O)c2ccccc2Br)c1[N+](=O)[O-]. The van der Waals surface area contributed by atoms with Gasteiger partial charge in [-0.25, -0.2) is 9.97 Å². The van der Waals surface area contributed by atoms with Crippen molar-refractivity contribution in [1.82, 2.24) is 15.4 Å². The molecule has 3 N–H and O–H groups in total. The molecule has 1 aromatic heterocycles. The van der Waals surface area contributed by atoms with Gasteiger partial charge in [0.1, 0.15) is 6.33 Å². The Bertz CT molecular complexity index is 768. The molecule has 0 saturated heterocycles. The van der Waals surface area contributed by atoms with Crippen LogP contribution in [0.25, 0.3) is 0 Å². The summed E-state index contributed by atoms with van der Waals surface area (Å²) < 4.78 is 0.601. The van der Waals surface area contributed by atoms with Crippen molar-refractivity contribution >= 4 is 39.2 Å². The molecule has 1 amide bonds. The zero-order valence-electron chi connectivity index (χ0n) is 12.9. The number of carbonyl (C=O) groups is 1. The Hall–Kier alpha value is -2.75. The van der Waals surface area contributed by atoms with Gasteiger partial charge in [-0.3, -0.25) is 25.8 Å². The van der Waals surface area contributed by atoms with Gasteiger partial charge in [-0.05, 0) is 41.9 Å². The van der Waals surface area contributed by atoms with Crippen molar-refractivity contribution in [1.29, 1.82) is 0 Å². The molecule has 0 aliphatic heterocycles. The number of hydrogen-bond acceptors (Lipinski definition) is 7. The second kappa shape index (κ2) is 7.68. The van der Waals surface area contributed by atoms with E-state index in [2.05, 4.69) is 42.1 Å². The number of hydrogen-bond donors (Lipinski definition) is 3. The third-order valence-corrected chi connectivity index (χ3v) is 3.53. The molecule has 2 rings (SSSR count). The summed E-state index contributed by atoms with van der Waals surface area (Å²) in [6.07, 6.45) is 1.17. The maximum atomic E-state index is 12.2. The number of nitrogens with one attached hydrogen (secondary N) is 3. The van der Waals surface area contributed by atoms with Crippen LogP contribution in [0.1, 0.15) is 24.2 Å². The van der Waals surface area contributed by atoms with Gasteiger partial charge in [0, 0.05) is 10.5 Å². The summed E-state index contributed by atoms with van der Waals surface area (Å²) in [6, 6.07) is 6.75. The van der Waals surface area contributed by atoms with E-state index in [1.54, 1.807) is 24.3 Å². The van der Waals surface area contributed by atoms with Crippen molar-refractivity contribution < 1.29 is 9.72 Å². The number of anilines is 2. The number of carbonyl (C=O) groups excluding carboxylic acids is 1. The van der Waals surface area contributed by atoms with E-state index in [0.29, 0.717) is 10.0 Å². The van der Waals surface area contributed by atoms with Crippen LogP contribution < -0.4 is 16.2 Å². The van der Waals surface area contributed by atoms with Crippen LogP contribution in [0, 0.1) is 10.1 Å². The predicted molar refractivity (Wildman–Crippen MR) is 92.7 cm³/mol. The lowest BCUT2D eigenvalue weighted by molar-refractivity contribution is -0.383. The van der Waals surface area contributed by atoms with Crippen molar-refractivity contribution in [3.8, 4) is 0 Å². The molecule has 0 radical (unpaired) electrons. The molecule has 9 nitrogen and oxygen atoms in total. The maximum absolute atomic E-state index is 12.2. The first-order valence-corrected chi connectivity index (χ1v) is 7.76. The van der Waals surface area contributed by atoms with Gasteiger partial charge in [-0.15, -0.1) is 0 Å². The summed E-state index contributed by atoms with van der Waals surface area (Å²) in [4.78, 5) is 30.6. The highest BCUT2D eigenvalue weighted by Crippen LogP contribution is 2.28. The van der Waals surface area contributed by atoms with Crippen LogP contribution in [0.15, 0.2) is 35.1 Å². The number of nitrogens with zero attached hydrogens (tertiary/aromatic N) is 3. The number of aromatic nitrogens is 2.